The lowest BCUT2D eigenvalue weighted by molar-refractivity contribution is -0.00897. The van der Waals surface area contributed by atoms with Crippen molar-refractivity contribution < 1.29 is 4.74 Å². The first-order chi connectivity index (χ1) is 8.69. The molecule has 3 aliphatic rings. The smallest absolute Gasteiger partial charge is 0.0589 e. The average molecular weight is 252 g/mol. The van der Waals surface area contributed by atoms with Gasteiger partial charge in [-0.05, 0) is 38.5 Å². The zero-order chi connectivity index (χ0) is 12.6. The lowest BCUT2D eigenvalue weighted by Gasteiger charge is -2.53. The molecule has 0 aromatic carbocycles. The molecule has 0 bridgehead atoms. The van der Waals surface area contributed by atoms with Gasteiger partial charge in [-0.1, -0.05) is 12.8 Å². The fourth-order valence-corrected chi connectivity index (χ4v) is 4.14. The number of nitrogens with one attached hydrogen (secondary N) is 1. The Morgan fingerprint density at radius 3 is 2.61 bits per heavy atom. The molecule has 2 saturated carbocycles. The molecule has 18 heavy (non-hydrogen) atoms. The third kappa shape index (κ3) is 2.21. The Morgan fingerprint density at radius 1 is 1.28 bits per heavy atom. The lowest BCUT2D eigenvalue weighted by atomic mass is 9.84. The summed E-state index contributed by atoms with van der Waals surface area (Å²) in [5, 5.41) is 3.91. The Hall–Kier alpha value is -0.120. The number of rotatable bonds is 4. The van der Waals surface area contributed by atoms with Crippen LogP contribution in [0.3, 0.4) is 0 Å². The standard InChI is InChI=1S/C15H28N2O/c1-14(13-5-6-13)12-17(9-10-18-2)15(11-16-14)7-3-4-8-15/h13,16H,3-12H2,1-2H3. The predicted octanol–water partition coefficient (Wildman–Crippen LogP) is 2.02. The van der Waals surface area contributed by atoms with Crippen LogP contribution in [0.5, 0.6) is 0 Å². The van der Waals surface area contributed by atoms with Gasteiger partial charge in [0, 0.05) is 37.8 Å². The van der Waals surface area contributed by atoms with Crippen molar-refractivity contribution >= 4 is 0 Å². The number of methoxy groups -OCH3 is 1. The van der Waals surface area contributed by atoms with Gasteiger partial charge in [-0.2, -0.15) is 0 Å². The molecule has 1 unspecified atom stereocenters. The first-order valence-corrected chi connectivity index (χ1v) is 7.68. The highest BCUT2D eigenvalue weighted by atomic mass is 16.5. The van der Waals surface area contributed by atoms with Crippen LogP contribution in [0.1, 0.15) is 45.4 Å². The SMILES string of the molecule is COCCN1CC(C)(C2CC2)NCC12CCCC2. The molecule has 104 valence electrons. The summed E-state index contributed by atoms with van der Waals surface area (Å²) in [4.78, 5) is 2.76. The first-order valence-electron chi connectivity index (χ1n) is 7.68. The van der Waals surface area contributed by atoms with Gasteiger partial charge in [0.1, 0.15) is 0 Å². The van der Waals surface area contributed by atoms with Crippen molar-refractivity contribution in [3.63, 3.8) is 0 Å². The molecular weight excluding hydrogens is 224 g/mol. The molecule has 0 radical (unpaired) electrons. The molecule has 1 saturated heterocycles. The van der Waals surface area contributed by atoms with Crippen LogP contribution in [0, 0.1) is 5.92 Å². The Balaban J connectivity index is 1.72. The van der Waals surface area contributed by atoms with E-state index < -0.39 is 0 Å². The van der Waals surface area contributed by atoms with Crippen LogP contribution in [0.4, 0.5) is 0 Å². The topological polar surface area (TPSA) is 24.5 Å². The number of hydrogen-bond donors (Lipinski definition) is 1. The zero-order valence-corrected chi connectivity index (χ0v) is 12.0. The van der Waals surface area contributed by atoms with Gasteiger partial charge < -0.3 is 10.1 Å². The Morgan fingerprint density at radius 2 is 2.00 bits per heavy atom. The summed E-state index contributed by atoms with van der Waals surface area (Å²) < 4.78 is 5.33. The highest BCUT2D eigenvalue weighted by Crippen LogP contribution is 2.45. The summed E-state index contributed by atoms with van der Waals surface area (Å²) in [6, 6.07) is 0. The largest absolute Gasteiger partial charge is 0.383 e. The summed E-state index contributed by atoms with van der Waals surface area (Å²) in [6.45, 7) is 6.85. The van der Waals surface area contributed by atoms with Crippen LogP contribution in [-0.2, 0) is 4.74 Å². The Bertz CT molecular complexity index is 297. The Labute approximate surface area is 111 Å². The Kier molecular flexibility index (Phi) is 3.41. The second-order valence-electron chi connectivity index (χ2n) is 6.89. The van der Waals surface area contributed by atoms with Gasteiger partial charge in [0.15, 0.2) is 0 Å². The number of nitrogens with zero attached hydrogens (tertiary/aromatic N) is 1. The number of hydrogen-bond acceptors (Lipinski definition) is 3. The van der Waals surface area contributed by atoms with Crippen LogP contribution < -0.4 is 5.32 Å². The van der Waals surface area contributed by atoms with E-state index in [1.165, 1.54) is 51.6 Å². The maximum Gasteiger partial charge on any atom is 0.0589 e. The maximum absolute atomic E-state index is 5.33. The van der Waals surface area contributed by atoms with E-state index in [2.05, 4.69) is 17.1 Å². The van der Waals surface area contributed by atoms with E-state index in [1.807, 2.05) is 7.11 Å². The van der Waals surface area contributed by atoms with Crippen molar-refractivity contribution in [1.82, 2.24) is 10.2 Å². The van der Waals surface area contributed by atoms with Crippen molar-refractivity contribution in [2.24, 2.45) is 5.92 Å². The van der Waals surface area contributed by atoms with Gasteiger partial charge in [-0.3, -0.25) is 4.90 Å². The quantitative estimate of drug-likeness (QED) is 0.828. The summed E-state index contributed by atoms with van der Waals surface area (Å²) >= 11 is 0. The van der Waals surface area contributed by atoms with Gasteiger partial charge in [0.05, 0.1) is 6.61 Å². The van der Waals surface area contributed by atoms with E-state index in [0.29, 0.717) is 11.1 Å². The third-order valence-electron chi connectivity index (χ3n) is 5.59. The maximum atomic E-state index is 5.33. The minimum Gasteiger partial charge on any atom is -0.383 e. The van der Waals surface area contributed by atoms with Crippen LogP contribution in [0.15, 0.2) is 0 Å². The zero-order valence-electron chi connectivity index (χ0n) is 12.0. The van der Waals surface area contributed by atoms with Crippen molar-refractivity contribution in [2.45, 2.75) is 56.5 Å². The lowest BCUT2D eigenvalue weighted by Crippen LogP contribution is -2.69. The second-order valence-corrected chi connectivity index (χ2v) is 6.89. The second kappa shape index (κ2) is 4.77. The average Bonchev–Trinajstić information content (AvgIpc) is 3.13. The van der Waals surface area contributed by atoms with Crippen LogP contribution in [0.2, 0.25) is 0 Å². The molecule has 1 spiro atoms. The summed E-state index contributed by atoms with van der Waals surface area (Å²) in [7, 11) is 1.82. The van der Waals surface area contributed by atoms with E-state index in [4.69, 9.17) is 4.74 Å². The van der Waals surface area contributed by atoms with Crippen LogP contribution in [-0.4, -0.2) is 49.3 Å². The van der Waals surface area contributed by atoms with Gasteiger partial charge in [0.25, 0.3) is 0 Å². The van der Waals surface area contributed by atoms with E-state index >= 15 is 0 Å². The van der Waals surface area contributed by atoms with E-state index in [0.717, 1.165) is 19.1 Å². The van der Waals surface area contributed by atoms with Crippen LogP contribution in [0.25, 0.3) is 0 Å². The molecule has 0 aromatic heterocycles. The first kappa shape index (κ1) is 12.9. The van der Waals surface area contributed by atoms with Gasteiger partial charge in [-0.15, -0.1) is 0 Å². The molecule has 1 aliphatic heterocycles. The monoisotopic (exact) mass is 252 g/mol. The number of piperazine rings is 1. The molecule has 3 nitrogen and oxygen atoms in total. The van der Waals surface area contributed by atoms with Crippen molar-refractivity contribution in [3.05, 3.63) is 0 Å². The molecule has 3 heteroatoms. The summed E-state index contributed by atoms with van der Waals surface area (Å²) in [5.41, 5.74) is 0.814. The van der Waals surface area contributed by atoms with Crippen LogP contribution >= 0.6 is 0 Å². The molecule has 1 heterocycles. The van der Waals surface area contributed by atoms with Crippen molar-refractivity contribution in [3.8, 4) is 0 Å². The van der Waals surface area contributed by atoms with E-state index in [9.17, 15) is 0 Å². The highest BCUT2D eigenvalue weighted by molar-refractivity contribution is 5.10. The fraction of sp³-hybridized carbons (Fsp3) is 1.00. The van der Waals surface area contributed by atoms with E-state index in [-0.39, 0.29) is 0 Å². The molecule has 3 rings (SSSR count). The van der Waals surface area contributed by atoms with Gasteiger partial charge in [-0.25, -0.2) is 0 Å². The number of ether oxygens (including phenoxy) is 1. The van der Waals surface area contributed by atoms with Crippen molar-refractivity contribution in [2.75, 3.05) is 33.4 Å². The fourth-order valence-electron chi connectivity index (χ4n) is 4.14. The highest BCUT2D eigenvalue weighted by Gasteiger charge is 2.51. The molecule has 3 fully saturated rings. The van der Waals surface area contributed by atoms with Gasteiger partial charge >= 0.3 is 0 Å². The molecule has 1 N–H and O–H groups in total. The molecular formula is C15H28N2O. The molecule has 0 aromatic rings. The predicted molar refractivity (Wildman–Crippen MR) is 73.8 cm³/mol. The minimum atomic E-state index is 0.363. The minimum absolute atomic E-state index is 0.363. The van der Waals surface area contributed by atoms with Crippen molar-refractivity contribution in [1.29, 1.82) is 0 Å². The molecule has 2 aliphatic carbocycles. The normalized spacial score (nSPS) is 36.3. The third-order valence-corrected chi connectivity index (χ3v) is 5.59. The van der Waals surface area contributed by atoms with E-state index in [1.54, 1.807) is 0 Å². The molecule has 0 amide bonds. The summed E-state index contributed by atoms with van der Waals surface area (Å²) in [6.07, 6.45) is 8.43. The summed E-state index contributed by atoms with van der Waals surface area (Å²) in [5.74, 6) is 0.918. The molecule has 1 atom stereocenters. The van der Waals surface area contributed by atoms with Gasteiger partial charge in [0.2, 0.25) is 0 Å².